The molecule has 0 saturated carbocycles. The molecule has 0 fully saturated rings. The van der Waals surface area contributed by atoms with E-state index in [9.17, 15) is 13.9 Å². The Morgan fingerprint density at radius 2 is 2.25 bits per heavy atom. The molecule has 2 aliphatic heterocycles. The highest BCUT2D eigenvalue weighted by atomic mass is 19.3. The van der Waals surface area contributed by atoms with Crippen LogP contribution in [-0.4, -0.2) is 26.5 Å². The predicted molar refractivity (Wildman–Crippen MR) is 69.1 cm³/mol. The number of hydrogen-bond donors (Lipinski definition) is 2. The van der Waals surface area contributed by atoms with E-state index >= 15 is 0 Å². The fourth-order valence-electron chi connectivity index (χ4n) is 2.99. The zero-order valence-corrected chi connectivity index (χ0v) is 11.3. The Balaban J connectivity index is 2.12. The Hall–Kier alpha value is -1.45. The molecule has 108 valence electrons. The van der Waals surface area contributed by atoms with Crippen molar-refractivity contribution in [2.45, 2.75) is 56.8 Å². The molecule has 3 heterocycles. The fourth-order valence-corrected chi connectivity index (χ4v) is 2.99. The van der Waals surface area contributed by atoms with Gasteiger partial charge in [0.25, 0.3) is 5.92 Å². The standard InChI is InChI=1S/C14H17F2N3O/c1-3-13(20)4-5-14(15,16)12-10-7-17-9(2)6-11(10)18-19(12)8-13/h1,9,17,20H,4-8H2,2H3/t9-,13-/m1/s1. The minimum absolute atomic E-state index is 0.0736. The minimum atomic E-state index is -3.01. The highest BCUT2D eigenvalue weighted by Crippen LogP contribution is 2.41. The maximum absolute atomic E-state index is 14.4. The van der Waals surface area contributed by atoms with Gasteiger partial charge in [-0.25, -0.2) is 0 Å². The van der Waals surface area contributed by atoms with Crippen molar-refractivity contribution < 1.29 is 13.9 Å². The molecule has 1 aromatic rings. The Morgan fingerprint density at radius 1 is 1.50 bits per heavy atom. The maximum atomic E-state index is 14.4. The van der Waals surface area contributed by atoms with Gasteiger partial charge in [-0.3, -0.25) is 4.68 Å². The van der Waals surface area contributed by atoms with E-state index < -0.39 is 17.9 Å². The van der Waals surface area contributed by atoms with Crippen LogP contribution in [0.4, 0.5) is 8.78 Å². The van der Waals surface area contributed by atoms with Gasteiger partial charge in [-0.15, -0.1) is 6.42 Å². The van der Waals surface area contributed by atoms with Crippen LogP contribution in [0, 0.1) is 12.3 Å². The maximum Gasteiger partial charge on any atom is 0.289 e. The summed E-state index contributed by atoms with van der Waals surface area (Å²) in [5, 5.41) is 17.7. The van der Waals surface area contributed by atoms with Crippen molar-refractivity contribution in [3.63, 3.8) is 0 Å². The van der Waals surface area contributed by atoms with Crippen LogP contribution >= 0.6 is 0 Å². The largest absolute Gasteiger partial charge is 0.376 e. The Bertz CT molecular complexity index is 590. The van der Waals surface area contributed by atoms with Gasteiger partial charge in [0.15, 0.2) is 0 Å². The number of halogens is 2. The van der Waals surface area contributed by atoms with E-state index in [2.05, 4.69) is 16.3 Å². The Labute approximate surface area is 116 Å². The van der Waals surface area contributed by atoms with Gasteiger partial charge in [0.2, 0.25) is 0 Å². The first-order valence-electron chi connectivity index (χ1n) is 6.75. The SMILES string of the molecule is C#C[C@@]1(O)CCC(F)(F)c2c3c(nn2C1)C[C@@H](C)NC3. The summed E-state index contributed by atoms with van der Waals surface area (Å²) < 4.78 is 30.0. The molecule has 0 unspecified atom stereocenters. The van der Waals surface area contributed by atoms with Gasteiger partial charge in [0, 0.05) is 31.0 Å². The van der Waals surface area contributed by atoms with E-state index in [0.717, 1.165) is 0 Å². The Morgan fingerprint density at radius 3 is 2.95 bits per heavy atom. The summed E-state index contributed by atoms with van der Waals surface area (Å²) in [4.78, 5) is 0. The van der Waals surface area contributed by atoms with Gasteiger partial charge in [-0.2, -0.15) is 13.9 Å². The summed E-state index contributed by atoms with van der Waals surface area (Å²) in [7, 11) is 0. The molecule has 20 heavy (non-hydrogen) atoms. The van der Waals surface area contributed by atoms with Crippen molar-refractivity contribution in [1.29, 1.82) is 0 Å². The number of nitrogens with one attached hydrogen (secondary N) is 1. The number of terminal acetylenes is 1. The van der Waals surface area contributed by atoms with E-state index in [1.165, 1.54) is 4.68 Å². The molecule has 0 spiro atoms. The first-order chi connectivity index (χ1) is 9.35. The van der Waals surface area contributed by atoms with Crippen molar-refractivity contribution in [1.82, 2.24) is 15.1 Å². The average molecular weight is 281 g/mol. The van der Waals surface area contributed by atoms with Gasteiger partial charge in [0.1, 0.15) is 11.3 Å². The molecule has 2 atom stereocenters. The quantitative estimate of drug-likeness (QED) is 0.702. The summed E-state index contributed by atoms with van der Waals surface area (Å²) in [6.45, 7) is 2.30. The average Bonchev–Trinajstić information content (AvgIpc) is 2.69. The van der Waals surface area contributed by atoms with Crippen molar-refractivity contribution in [2.24, 2.45) is 0 Å². The number of aromatic nitrogens is 2. The third kappa shape index (κ3) is 2.02. The monoisotopic (exact) mass is 281 g/mol. The topological polar surface area (TPSA) is 50.1 Å². The number of aliphatic hydroxyl groups is 1. The molecule has 6 heteroatoms. The number of rotatable bonds is 0. The van der Waals surface area contributed by atoms with Crippen molar-refractivity contribution in [2.75, 3.05) is 0 Å². The molecular weight excluding hydrogens is 264 g/mol. The van der Waals surface area contributed by atoms with Gasteiger partial charge in [0.05, 0.1) is 12.2 Å². The fraction of sp³-hybridized carbons (Fsp3) is 0.643. The van der Waals surface area contributed by atoms with Crippen LogP contribution in [-0.2, 0) is 25.4 Å². The van der Waals surface area contributed by atoms with Gasteiger partial charge in [-0.05, 0) is 13.3 Å². The molecule has 0 bridgehead atoms. The number of nitrogens with zero attached hydrogens (tertiary/aromatic N) is 2. The molecule has 2 aliphatic rings. The predicted octanol–water partition coefficient (Wildman–Crippen LogP) is 1.17. The molecule has 0 aliphatic carbocycles. The lowest BCUT2D eigenvalue weighted by Gasteiger charge is -2.22. The van der Waals surface area contributed by atoms with Crippen LogP contribution in [0.2, 0.25) is 0 Å². The molecule has 1 aromatic heterocycles. The summed E-state index contributed by atoms with van der Waals surface area (Å²) in [6, 6.07) is 0.210. The molecule has 0 amide bonds. The first-order valence-corrected chi connectivity index (χ1v) is 6.75. The van der Waals surface area contributed by atoms with Crippen LogP contribution in [0.3, 0.4) is 0 Å². The van der Waals surface area contributed by atoms with Crippen LogP contribution < -0.4 is 5.32 Å². The summed E-state index contributed by atoms with van der Waals surface area (Å²) >= 11 is 0. The van der Waals surface area contributed by atoms with Gasteiger partial charge in [-0.1, -0.05) is 5.92 Å². The molecular formula is C14H17F2N3O. The van der Waals surface area contributed by atoms with Gasteiger partial charge >= 0.3 is 0 Å². The second kappa shape index (κ2) is 4.27. The van der Waals surface area contributed by atoms with Crippen LogP contribution in [0.1, 0.15) is 36.7 Å². The third-order valence-corrected chi connectivity index (χ3v) is 4.14. The van der Waals surface area contributed by atoms with E-state index in [1.54, 1.807) is 0 Å². The summed E-state index contributed by atoms with van der Waals surface area (Å²) in [6.07, 6.45) is 5.33. The lowest BCUT2D eigenvalue weighted by molar-refractivity contribution is -0.0297. The van der Waals surface area contributed by atoms with Crippen molar-refractivity contribution in [3.8, 4) is 12.3 Å². The zero-order chi connectivity index (χ0) is 14.5. The first kappa shape index (κ1) is 13.5. The molecule has 0 saturated heterocycles. The van der Waals surface area contributed by atoms with Crippen LogP contribution in [0.15, 0.2) is 0 Å². The Kier molecular flexibility index (Phi) is 2.89. The lowest BCUT2D eigenvalue weighted by atomic mass is 9.95. The number of alkyl halides is 2. The van der Waals surface area contributed by atoms with E-state index in [1.807, 2.05) is 6.92 Å². The van der Waals surface area contributed by atoms with Crippen molar-refractivity contribution in [3.05, 3.63) is 17.0 Å². The van der Waals surface area contributed by atoms with E-state index in [-0.39, 0.29) is 24.7 Å². The van der Waals surface area contributed by atoms with Crippen LogP contribution in [0.5, 0.6) is 0 Å². The highest BCUT2D eigenvalue weighted by Gasteiger charge is 2.46. The number of fused-ring (bicyclic) bond motifs is 3. The zero-order valence-electron chi connectivity index (χ0n) is 11.3. The van der Waals surface area contributed by atoms with Crippen molar-refractivity contribution >= 4 is 0 Å². The highest BCUT2D eigenvalue weighted by molar-refractivity contribution is 5.33. The third-order valence-electron chi connectivity index (χ3n) is 4.14. The molecule has 0 radical (unpaired) electrons. The summed E-state index contributed by atoms with van der Waals surface area (Å²) in [5.41, 5.74) is -0.387. The normalized spacial score (nSPS) is 31.9. The molecule has 2 N–H and O–H groups in total. The minimum Gasteiger partial charge on any atom is -0.376 e. The molecule has 3 rings (SSSR count). The molecule has 4 nitrogen and oxygen atoms in total. The summed E-state index contributed by atoms with van der Waals surface area (Å²) in [5.74, 6) is -0.776. The van der Waals surface area contributed by atoms with E-state index in [0.29, 0.717) is 24.2 Å². The lowest BCUT2D eigenvalue weighted by Crippen LogP contribution is -2.34. The second-order valence-corrected chi connectivity index (χ2v) is 5.80. The molecule has 0 aromatic carbocycles. The smallest absolute Gasteiger partial charge is 0.289 e. The second-order valence-electron chi connectivity index (χ2n) is 5.80. The van der Waals surface area contributed by atoms with Crippen LogP contribution in [0.25, 0.3) is 0 Å². The number of hydrogen-bond acceptors (Lipinski definition) is 3. The van der Waals surface area contributed by atoms with E-state index in [4.69, 9.17) is 6.42 Å². The van der Waals surface area contributed by atoms with Gasteiger partial charge < -0.3 is 10.4 Å².